The van der Waals surface area contributed by atoms with Gasteiger partial charge in [-0.25, -0.2) is 0 Å². The minimum Gasteiger partial charge on any atom is -0.0826 e. The van der Waals surface area contributed by atoms with E-state index in [1.807, 2.05) is 0 Å². The highest BCUT2D eigenvalue weighted by Gasteiger charge is 2.18. The van der Waals surface area contributed by atoms with Gasteiger partial charge >= 0.3 is 0 Å². The van der Waals surface area contributed by atoms with Crippen LogP contribution < -0.4 is 0 Å². The minimum atomic E-state index is -0.168. The lowest BCUT2D eigenvalue weighted by Gasteiger charge is -2.09. The van der Waals surface area contributed by atoms with Crippen molar-refractivity contribution in [2.45, 2.75) is 0 Å². The second kappa shape index (κ2) is 5.55. The highest BCUT2D eigenvalue weighted by atomic mass is 35.5. The van der Waals surface area contributed by atoms with Crippen molar-refractivity contribution in [2.24, 2.45) is 0 Å². The Morgan fingerprint density at radius 3 is 1.53 bits per heavy atom. The molecular formula is C8HCl7. The van der Waals surface area contributed by atoms with Crippen LogP contribution in [0.5, 0.6) is 0 Å². The van der Waals surface area contributed by atoms with Crippen molar-refractivity contribution in [3.8, 4) is 0 Å². The summed E-state index contributed by atoms with van der Waals surface area (Å²) in [5.74, 6) is 0. The molecular weight excluding hydrogens is 344 g/mol. The lowest BCUT2D eigenvalue weighted by molar-refractivity contribution is 1.64. The number of halogens is 7. The molecule has 0 spiro atoms. The number of rotatable bonds is 1. The molecule has 0 fully saturated rings. The Morgan fingerprint density at radius 1 is 0.800 bits per heavy atom. The molecule has 0 atom stereocenters. The molecule has 15 heavy (non-hydrogen) atoms. The predicted octanol–water partition coefficient (Wildman–Crippen LogP) is 6.64. The van der Waals surface area contributed by atoms with Gasteiger partial charge in [-0.1, -0.05) is 81.2 Å². The van der Waals surface area contributed by atoms with Gasteiger partial charge in [-0.15, -0.1) is 0 Å². The largest absolute Gasteiger partial charge is 0.126 e. The Labute approximate surface area is 122 Å². The third kappa shape index (κ3) is 3.01. The lowest BCUT2D eigenvalue weighted by Crippen LogP contribution is -1.86. The zero-order valence-electron chi connectivity index (χ0n) is 6.72. The molecule has 0 heterocycles. The molecule has 0 aliphatic carbocycles. The van der Waals surface area contributed by atoms with Gasteiger partial charge in [-0.3, -0.25) is 0 Å². The summed E-state index contributed by atoms with van der Waals surface area (Å²) < 4.78 is -0.168. The van der Waals surface area contributed by atoms with Crippen LogP contribution in [0.25, 0.3) is 5.03 Å². The summed E-state index contributed by atoms with van der Waals surface area (Å²) in [6, 6.07) is 1.41. The average Bonchev–Trinajstić information content (AvgIpc) is 2.15. The first-order chi connectivity index (χ1) is 6.86. The van der Waals surface area contributed by atoms with Crippen LogP contribution >= 0.6 is 81.2 Å². The molecule has 0 saturated carbocycles. The first-order valence-electron chi connectivity index (χ1n) is 3.40. The molecule has 0 amide bonds. The van der Waals surface area contributed by atoms with Gasteiger partial charge < -0.3 is 0 Å². The Kier molecular flexibility index (Phi) is 5.20. The summed E-state index contributed by atoms with van der Waals surface area (Å²) in [5, 5.41) is 0.727. The van der Waals surface area contributed by atoms with Crippen molar-refractivity contribution >= 4 is 86.2 Å². The summed E-state index contributed by atoms with van der Waals surface area (Å²) in [6.07, 6.45) is 0. The zero-order chi connectivity index (χ0) is 11.7. The normalized spacial score (nSPS) is 10.3. The highest BCUT2D eigenvalue weighted by Crippen LogP contribution is 2.43. The van der Waals surface area contributed by atoms with Gasteiger partial charge in [0.15, 0.2) is 0 Å². The molecule has 0 saturated heterocycles. The summed E-state index contributed by atoms with van der Waals surface area (Å²) in [4.78, 5) is 0. The number of hydrogen-bond acceptors (Lipinski definition) is 0. The summed E-state index contributed by atoms with van der Waals surface area (Å²) in [7, 11) is 0. The molecule has 82 valence electrons. The van der Waals surface area contributed by atoms with E-state index in [0.717, 1.165) is 0 Å². The Balaban J connectivity index is 3.61. The lowest BCUT2D eigenvalue weighted by atomic mass is 10.2. The molecule has 0 aromatic heterocycles. The average molecular weight is 345 g/mol. The quantitative estimate of drug-likeness (QED) is 0.500. The topological polar surface area (TPSA) is 0 Å². The van der Waals surface area contributed by atoms with Crippen LogP contribution in [0.15, 0.2) is 10.6 Å². The van der Waals surface area contributed by atoms with Gasteiger partial charge in [0.25, 0.3) is 0 Å². The van der Waals surface area contributed by atoms with Crippen molar-refractivity contribution in [3.05, 3.63) is 36.2 Å². The first kappa shape index (κ1) is 14.1. The standard InChI is InChI=1S/C8HCl7/c9-2-1-3(10)6(12)4(5(2)11)7(13)8(14)15/h1H. The summed E-state index contributed by atoms with van der Waals surface area (Å²) >= 11 is 40.3. The van der Waals surface area contributed by atoms with E-state index in [1.165, 1.54) is 6.07 Å². The number of benzene rings is 1. The molecule has 7 heteroatoms. The van der Waals surface area contributed by atoms with Crippen LogP contribution in [0, 0.1) is 0 Å². The van der Waals surface area contributed by atoms with Crippen LogP contribution in [0.2, 0.25) is 20.1 Å². The molecule has 1 rings (SSSR count). The van der Waals surface area contributed by atoms with E-state index >= 15 is 0 Å². The van der Waals surface area contributed by atoms with Gasteiger partial charge in [-0.05, 0) is 6.07 Å². The van der Waals surface area contributed by atoms with E-state index in [1.54, 1.807) is 0 Å². The Hall–Kier alpha value is 0.990. The van der Waals surface area contributed by atoms with E-state index in [0.29, 0.717) is 0 Å². The fourth-order valence-corrected chi connectivity index (χ4v) is 2.33. The van der Waals surface area contributed by atoms with Crippen LogP contribution in [-0.2, 0) is 0 Å². The fraction of sp³-hybridized carbons (Fsp3) is 0. The maximum absolute atomic E-state index is 5.90. The molecule has 0 aliphatic heterocycles. The van der Waals surface area contributed by atoms with Gasteiger partial charge in [0.05, 0.1) is 25.1 Å². The second-order valence-corrected chi connectivity index (χ2v) is 5.32. The Morgan fingerprint density at radius 2 is 1.20 bits per heavy atom. The third-order valence-electron chi connectivity index (χ3n) is 1.50. The van der Waals surface area contributed by atoms with Crippen LogP contribution in [0.3, 0.4) is 0 Å². The van der Waals surface area contributed by atoms with Crippen LogP contribution in [-0.4, -0.2) is 0 Å². The molecule has 1 aromatic carbocycles. The maximum Gasteiger partial charge on any atom is 0.126 e. The van der Waals surface area contributed by atoms with E-state index in [9.17, 15) is 0 Å². The van der Waals surface area contributed by atoms with Crippen molar-refractivity contribution in [3.63, 3.8) is 0 Å². The summed E-state index contributed by atoms with van der Waals surface area (Å²) in [6.45, 7) is 0. The third-order valence-corrected chi connectivity index (χ3v) is 4.02. The molecule has 0 radical (unpaired) electrons. The molecule has 0 N–H and O–H groups in total. The molecule has 1 aromatic rings. The smallest absolute Gasteiger partial charge is 0.0826 e. The van der Waals surface area contributed by atoms with E-state index in [2.05, 4.69) is 0 Å². The van der Waals surface area contributed by atoms with E-state index < -0.39 is 0 Å². The van der Waals surface area contributed by atoms with Crippen molar-refractivity contribution in [1.29, 1.82) is 0 Å². The maximum atomic E-state index is 5.90. The zero-order valence-corrected chi connectivity index (χ0v) is 12.0. The SMILES string of the molecule is ClC(Cl)=C(Cl)c1c(Cl)c(Cl)cc(Cl)c1Cl. The van der Waals surface area contributed by atoms with E-state index in [-0.39, 0.29) is 35.2 Å². The predicted molar refractivity (Wildman–Crippen MR) is 71.0 cm³/mol. The van der Waals surface area contributed by atoms with Crippen LogP contribution in [0.1, 0.15) is 5.56 Å². The Bertz CT molecular complexity index is 405. The molecule has 0 aliphatic rings. The van der Waals surface area contributed by atoms with Crippen LogP contribution in [0.4, 0.5) is 0 Å². The first-order valence-corrected chi connectivity index (χ1v) is 6.05. The van der Waals surface area contributed by atoms with Gasteiger partial charge in [-0.2, -0.15) is 0 Å². The van der Waals surface area contributed by atoms with Crippen molar-refractivity contribution < 1.29 is 0 Å². The molecule has 0 nitrogen and oxygen atoms in total. The molecule has 0 unspecified atom stereocenters. The minimum absolute atomic E-state index is 0.00210. The highest BCUT2D eigenvalue weighted by molar-refractivity contribution is 6.68. The monoisotopic (exact) mass is 342 g/mol. The van der Waals surface area contributed by atoms with E-state index in [4.69, 9.17) is 81.2 Å². The van der Waals surface area contributed by atoms with Gasteiger partial charge in [0.2, 0.25) is 0 Å². The molecule has 0 bridgehead atoms. The summed E-state index contributed by atoms with van der Waals surface area (Å²) in [5.41, 5.74) is 0.220. The van der Waals surface area contributed by atoms with Crippen molar-refractivity contribution in [1.82, 2.24) is 0 Å². The fourth-order valence-electron chi connectivity index (χ4n) is 0.860. The van der Waals surface area contributed by atoms with Crippen molar-refractivity contribution in [2.75, 3.05) is 0 Å². The van der Waals surface area contributed by atoms with Gasteiger partial charge in [0.1, 0.15) is 4.49 Å². The number of hydrogen-bond donors (Lipinski definition) is 0. The van der Waals surface area contributed by atoms with Gasteiger partial charge in [0, 0.05) is 5.56 Å². The second-order valence-electron chi connectivity index (χ2n) is 2.42.